The van der Waals surface area contributed by atoms with Crippen molar-refractivity contribution in [2.45, 2.75) is 6.42 Å². The van der Waals surface area contributed by atoms with Gasteiger partial charge in [0, 0.05) is 19.2 Å². The monoisotopic (exact) mass is 277 g/mol. The summed E-state index contributed by atoms with van der Waals surface area (Å²) in [4.78, 5) is 13.6. The summed E-state index contributed by atoms with van der Waals surface area (Å²) in [5, 5.41) is 11.4. The van der Waals surface area contributed by atoms with Crippen LogP contribution in [0.3, 0.4) is 0 Å². The van der Waals surface area contributed by atoms with Crippen LogP contribution in [0.15, 0.2) is 24.3 Å². The lowest BCUT2D eigenvalue weighted by atomic mass is 10.2. The first-order valence-corrected chi connectivity index (χ1v) is 6.06. The van der Waals surface area contributed by atoms with Gasteiger partial charge >= 0.3 is 0 Å². The molecular weight excluding hydrogens is 262 g/mol. The van der Waals surface area contributed by atoms with Crippen LogP contribution >= 0.6 is 12.2 Å². The lowest BCUT2D eigenvalue weighted by Gasteiger charge is -2.18. The summed E-state index contributed by atoms with van der Waals surface area (Å²) in [7, 11) is 3.29. The molecule has 1 amide bonds. The minimum Gasteiger partial charge on any atom is -0.497 e. The van der Waals surface area contributed by atoms with E-state index in [1.54, 1.807) is 43.3 Å². The first kappa shape index (κ1) is 14.9. The number of hydrogen-bond donors (Lipinski definition) is 1. The highest BCUT2D eigenvalue weighted by atomic mass is 32.1. The molecule has 0 radical (unpaired) electrons. The largest absolute Gasteiger partial charge is 0.497 e. The minimum absolute atomic E-state index is 0.281. The van der Waals surface area contributed by atoms with Crippen molar-refractivity contribution in [2.24, 2.45) is 0 Å². The molecule has 19 heavy (non-hydrogen) atoms. The molecule has 0 spiro atoms. The quantitative estimate of drug-likeness (QED) is 0.846. The minimum atomic E-state index is -0.281. The predicted molar refractivity (Wildman–Crippen MR) is 75.9 cm³/mol. The van der Waals surface area contributed by atoms with E-state index in [1.165, 1.54) is 0 Å². The first-order chi connectivity index (χ1) is 9.08. The highest BCUT2D eigenvalue weighted by molar-refractivity contribution is 7.80. The molecule has 100 valence electrons. The lowest BCUT2D eigenvalue weighted by molar-refractivity contribution is 0.0974. The molecule has 0 unspecified atom stereocenters. The molecular formula is C13H15N3O2S. The van der Waals surface area contributed by atoms with Crippen molar-refractivity contribution in [3.63, 3.8) is 0 Å². The summed E-state index contributed by atoms with van der Waals surface area (Å²) < 4.78 is 5.02. The van der Waals surface area contributed by atoms with Gasteiger partial charge in [-0.05, 0) is 36.5 Å². The molecule has 0 fully saturated rings. The Kier molecular flexibility index (Phi) is 5.76. The molecule has 1 rings (SSSR count). The third-order valence-electron chi connectivity index (χ3n) is 2.48. The van der Waals surface area contributed by atoms with E-state index < -0.39 is 0 Å². The summed E-state index contributed by atoms with van der Waals surface area (Å²) in [6.07, 6.45) is 0.356. The highest BCUT2D eigenvalue weighted by Crippen LogP contribution is 2.11. The molecule has 0 aliphatic heterocycles. The number of thiocarbonyl (C=S) groups is 1. The van der Waals surface area contributed by atoms with Gasteiger partial charge in [0.1, 0.15) is 5.75 Å². The van der Waals surface area contributed by atoms with E-state index in [2.05, 4.69) is 5.32 Å². The molecule has 0 aliphatic carbocycles. The fraction of sp³-hybridized carbons (Fsp3) is 0.308. The number of carbonyl (C=O) groups excluding carboxylic acids is 1. The smallest absolute Gasteiger partial charge is 0.257 e. The molecule has 1 N–H and O–H groups in total. The van der Waals surface area contributed by atoms with Gasteiger partial charge in [0.25, 0.3) is 5.91 Å². The van der Waals surface area contributed by atoms with E-state index in [0.717, 1.165) is 0 Å². The molecule has 0 atom stereocenters. The number of carbonyl (C=O) groups is 1. The first-order valence-electron chi connectivity index (χ1n) is 5.66. The lowest BCUT2D eigenvalue weighted by Crippen LogP contribution is -2.40. The molecule has 5 nitrogen and oxygen atoms in total. The standard InChI is InChI=1S/C13H15N3O2S/c1-16(9-3-8-14)13(19)15-12(17)10-4-6-11(18-2)7-5-10/h4-7H,3,9H2,1-2H3,(H,15,17,19). The van der Waals surface area contributed by atoms with E-state index in [1.807, 2.05) is 6.07 Å². The van der Waals surface area contributed by atoms with Crippen LogP contribution in [0.1, 0.15) is 16.8 Å². The van der Waals surface area contributed by atoms with E-state index in [0.29, 0.717) is 29.4 Å². The van der Waals surface area contributed by atoms with E-state index >= 15 is 0 Å². The summed E-state index contributed by atoms with van der Waals surface area (Å²) in [6.45, 7) is 0.484. The van der Waals surface area contributed by atoms with Crippen molar-refractivity contribution in [3.05, 3.63) is 29.8 Å². The fourth-order valence-corrected chi connectivity index (χ4v) is 1.51. The van der Waals surface area contributed by atoms with E-state index in [9.17, 15) is 4.79 Å². The third kappa shape index (κ3) is 4.56. The second-order valence-corrected chi connectivity index (χ2v) is 4.20. The Morgan fingerprint density at radius 1 is 1.47 bits per heavy atom. The molecule has 0 bridgehead atoms. The topological polar surface area (TPSA) is 65.4 Å². The number of nitrogens with one attached hydrogen (secondary N) is 1. The molecule has 1 aromatic carbocycles. The number of methoxy groups -OCH3 is 1. The van der Waals surface area contributed by atoms with Crippen molar-refractivity contribution >= 4 is 23.2 Å². The Morgan fingerprint density at radius 2 is 2.11 bits per heavy atom. The van der Waals surface area contributed by atoms with Gasteiger partial charge in [-0.1, -0.05) is 0 Å². The summed E-state index contributed by atoms with van der Waals surface area (Å²) in [6, 6.07) is 8.75. The average Bonchev–Trinajstić information content (AvgIpc) is 2.44. The van der Waals surface area contributed by atoms with Gasteiger partial charge < -0.3 is 9.64 Å². The van der Waals surface area contributed by atoms with Crippen LogP contribution in [-0.4, -0.2) is 36.6 Å². The van der Waals surface area contributed by atoms with E-state index in [4.69, 9.17) is 22.2 Å². The van der Waals surface area contributed by atoms with Crippen molar-refractivity contribution < 1.29 is 9.53 Å². The van der Waals surface area contributed by atoms with Crippen LogP contribution in [0.2, 0.25) is 0 Å². The number of amides is 1. The maximum absolute atomic E-state index is 11.9. The number of benzene rings is 1. The van der Waals surface area contributed by atoms with Gasteiger partial charge in [-0.2, -0.15) is 5.26 Å². The molecule has 6 heteroatoms. The van der Waals surface area contributed by atoms with Gasteiger partial charge in [0.05, 0.1) is 19.6 Å². The molecule has 0 heterocycles. The van der Waals surface area contributed by atoms with Crippen molar-refractivity contribution in [1.29, 1.82) is 5.26 Å². The van der Waals surface area contributed by atoms with Crippen LogP contribution in [0.5, 0.6) is 5.75 Å². The zero-order valence-electron chi connectivity index (χ0n) is 10.8. The number of ether oxygens (including phenoxy) is 1. The summed E-state index contributed by atoms with van der Waals surface area (Å²) >= 11 is 5.07. The van der Waals surface area contributed by atoms with Gasteiger partial charge in [-0.15, -0.1) is 0 Å². The predicted octanol–water partition coefficient (Wildman–Crippen LogP) is 1.56. The fourth-order valence-electron chi connectivity index (χ4n) is 1.33. The second-order valence-electron chi connectivity index (χ2n) is 3.82. The molecule has 0 saturated carbocycles. The van der Waals surface area contributed by atoms with Crippen LogP contribution in [0, 0.1) is 11.3 Å². The number of nitrogens with zero attached hydrogens (tertiary/aromatic N) is 2. The number of nitriles is 1. The molecule has 1 aromatic rings. The Morgan fingerprint density at radius 3 is 2.63 bits per heavy atom. The molecule has 0 aliphatic rings. The van der Waals surface area contributed by atoms with Crippen molar-refractivity contribution in [2.75, 3.05) is 20.7 Å². The zero-order valence-corrected chi connectivity index (χ0v) is 11.7. The van der Waals surface area contributed by atoms with Gasteiger partial charge in [0.2, 0.25) is 0 Å². The normalized spacial score (nSPS) is 9.32. The van der Waals surface area contributed by atoms with Crippen LogP contribution in [-0.2, 0) is 0 Å². The van der Waals surface area contributed by atoms with Gasteiger partial charge in [0.15, 0.2) is 5.11 Å². The average molecular weight is 277 g/mol. The van der Waals surface area contributed by atoms with Crippen LogP contribution < -0.4 is 10.1 Å². The second kappa shape index (κ2) is 7.34. The Bertz CT molecular complexity index is 494. The SMILES string of the molecule is COc1ccc(C(=O)NC(=S)N(C)CCC#N)cc1. The third-order valence-corrected chi connectivity index (χ3v) is 2.89. The molecule has 0 aromatic heterocycles. The zero-order chi connectivity index (χ0) is 14.3. The number of rotatable bonds is 4. The van der Waals surface area contributed by atoms with E-state index in [-0.39, 0.29) is 5.91 Å². The Labute approximate surface area is 117 Å². The summed E-state index contributed by atoms with van der Waals surface area (Å²) in [5.41, 5.74) is 0.497. The summed E-state index contributed by atoms with van der Waals surface area (Å²) in [5.74, 6) is 0.404. The number of hydrogen-bond acceptors (Lipinski definition) is 4. The van der Waals surface area contributed by atoms with Crippen LogP contribution in [0.4, 0.5) is 0 Å². The van der Waals surface area contributed by atoms with Gasteiger partial charge in [-0.3, -0.25) is 10.1 Å². The maximum Gasteiger partial charge on any atom is 0.257 e. The molecule has 0 saturated heterocycles. The highest BCUT2D eigenvalue weighted by Gasteiger charge is 2.10. The van der Waals surface area contributed by atoms with Crippen LogP contribution in [0.25, 0.3) is 0 Å². The van der Waals surface area contributed by atoms with Crippen molar-refractivity contribution in [1.82, 2.24) is 10.2 Å². The van der Waals surface area contributed by atoms with Crippen molar-refractivity contribution in [3.8, 4) is 11.8 Å². The Hall–Kier alpha value is -2.13. The maximum atomic E-state index is 11.9. The Balaban J connectivity index is 2.58. The van der Waals surface area contributed by atoms with Gasteiger partial charge in [-0.25, -0.2) is 0 Å².